The summed E-state index contributed by atoms with van der Waals surface area (Å²) in [6, 6.07) is 32.1. The monoisotopic (exact) mass is 573 g/mol. The van der Waals surface area contributed by atoms with Crippen molar-refractivity contribution in [2.75, 3.05) is 5.32 Å². The third-order valence-electron chi connectivity index (χ3n) is 6.67. The number of nitrogens with one attached hydrogen (secondary N) is 1. The molecule has 1 amide bonds. The normalized spacial score (nSPS) is 11.8. The number of nitrogens with zero attached hydrogens (tertiary/aromatic N) is 2. The molecule has 0 atom stereocenters. The second-order valence-corrected chi connectivity index (χ2v) is 9.48. The molecule has 2 N–H and O–H groups in total. The van der Waals surface area contributed by atoms with Gasteiger partial charge in [0.1, 0.15) is 17.3 Å². The van der Waals surface area contributed by atoms with Crippen molar-refractivity contribution in [2.24, 2.45) is 4.99 Å². The summed E-state index contributed by atoms with van der Waals surface area (Å²) in [6.45, 7) is 0. The van der Waals surface area contributed by atoms with Gasteiger partial charge in [-0.3, -0.25) is 14.8 Å². The largest absolute Gasteiger partial charge is 0.478 e. The van der Waals surface area contributed by atoms with Gasteiger partial charge in [0.15, 0.2) is 0 Å². The van der Waals surface area contributed by atoms with Gasteiger partial charge in [-0.2, -0.15) is 0 Å². The van der Waals surface area contributed by atoms with Crippen molar-refractivity contribution >= 4 is 23.3 Å². The number of halogens is 2. The van der Waals surface area contributed by atoms with Crippen LogP contribution in [0.1, 0.15) is 38.7 Å². The molecule has 0 bridgehead atoms. The average molecular weight is 574 g/mol. The molecule has 0 saturated carbocycles. The second-order valence-electron chi connectivity index (χ2n) is 9.48. The van der Waals surface area contributed by atoms with Gasteiger partial charge >= 0.3 is 5.97 Å². The highest BCUT2D eigenvalue weighted by Crippen LogP contribution is 2.33. The van der Waals surface area contributed by atoms with Gasteiger partial charge in [0.05, 0.1) is 17.0 Å². The molecular weight excluding hydrogens is 548 g/mol. The fraction of sp³-hybridized carbons (Fsp3) is 0.0286. The number of carbonyl (C=O) groups is 2. The summed E-state index contributed by atoms with van der Waals surface area (Å²) in [6.07, 6.45) is 2.77. The number of carboxylic acid groups (broad SMARTS) is 1. The van der Waals surface area contributed by atoms with Crippen LogP contribution in [0.4, 0.5) is 14.5 Å². The molecule has 5 rings (SSSR count). The summed E-state index contributed by atoms with van der Waals surface area (Å²) in [7, 11) is 0. The highest BCUT2D eigenvalue weighted by Gasteiger charge is 2.25. The zero-order chi connectivity index (χ0) is 30.2. The van der Waals surface area contributed by atoms with E-state index in [1.54, 1.807) is 42.5 Å². The number of anilines is 1. The van der Waals surface area contributed by atoms with Crippen LogP contribution < -0.4 is 5.32 Å². The number of aromatic nitrogens is 1. The van der Waals surface area contributed by atoms with E-state index in [0.717, 1.165) is 0 Å². The molecule has 1 heterocycles. The summed E-state index contributed by atoms with van der Waals surface area (Å²) >= 11 is 0. The lowest BCUT2D eigenvalue weighted by Gasteiger charge is -2.19. The minimum atomic E-state index is -1.26. The Kier molecular flexibility index (Phi) is 8.87. The van der Waals surface area contributed by atoms with E-state index in [1.807, 2.05) is 30.3 Å². The molecule has 0 unspecified atom stereocenters. The molecule has 0 saturated heterocycles. The fourth-order valence-corrected chi connectivity index (χ4v) is 4.63. The number of hydrogen-bond acceptors (Lipinski definition) is 4. The third-order valence-corrected chi connectivity index (χ3v) is 6.67. The van der Waals surface area contributed by atoms with Crippen LogP contribution in [-0.4, -0.2) is 27.7 Å². The van der Waals surface area contributed by atoms with Gasteiger partial charge in [0, 0.05) is 29.4 Å². The second kappa shape index (κ2) is 13.3. The van der Waals surface area contributed by atoms with E-state index in [-0.39, 0.29) is 11.3 Å². The number of aliphatic imine (C=N–C) groups is 1. The van der Waals surface area contributed by atoms with Crippen molar-refractivity contribution in [1.29, 1.82) is 0 Å². The van der Waals surface area contributed by atoms with Gasteiger partial charge in [-0.05, 0) is 53.6 Å². The van der Waals surface area contributed by atoms with Crippen LogP contribution in [0, 0.1) is 11.6 Å². The number of benzene rings is 4. The number of carboxylic acids is 1. The number of hydrogen-bond donors (Lipinski definition) is 2. The van der Waals surface area contributed by atoms with Gasteiger partial charge in [0.25, 0.3) is 5.91 Å². The Balaban J connectivity index is 1.65. The van der Waals surface area contributed by atoms with Gasteiger partial charge in [-0.25, -0.2) is 13.6 Å². The summed E-state index contributed by atoms with van der Waals surface area (Å²) < 4.78 is 27.6. The van der Waals surface area contributed by atoms with E-state index in [9.17, 15) is 23.5 Å². The van der Waals surface area contributed by atoms with Crippen molar-refractivity contribution < 1.29 is 23.5 Å². The fourth-order valence-electron chi connectivity index (χ4n) is 4.63. The van der Waals surface area contributed by atoms with Gasteiger partial charge < -0.3 is 10.4 Å². The number of carbonyl (C=O) groups excluding carboxylic acids is 1. The predicted octanol–water partition coefficient (Wildman–Crippen LogP) is 7.25. The van der Waals surface area contributed by atoms with Crippen LogP contribution in [0.2, 0.25) is 0 Å². The smallest absolute Gasteiger partial charge is 0.334 e. The number of aliphatic carboxylic acids is 1. The lowest BCUT2D eigenvalue weighted by molar-refractivity contribution is -0.132. The molecular formula is C35H25F2N3O3. The van der Waals surface area contributed by atoms with Gasteiger partial charge in [-0.1, -0.05) is 78.9 Å². The third kappa shape index (κ3) is 6.94. The molecule has 0 aliphatic carbocycles. The van der Waals surface area contributed by atoms with Crippen molar-refractivity contribution in [1.82, 2.24) is 4.98 Å². The average Bonchev–Trinajstić information content (AvgIpc) is 3.03. The molecule has 0 aliphatic rings. The number of amides is 1. The van der Waals surface area contributed by atoms with E-state index < -0.39 is 29.4 Å². The van der Waals surface area contributed by atoms with E-state index in [1.165, 1.54) is 60.9 Å². The van der Waals surface area contributed by atoms with Crippen LogP contribution >= 0.6 is 0 Å². The molecule has 0 aliphatic heterocycles. The van der Waals surface area contributed by atoms with E-state index >= 15 is 0 Å². The Morgan fingerprint density at radius 2 is 1.33 bits per heavy atom. The van der Waals surface area contributed by atoms with Crippen LogP contribution in [-0.2, 0) is 4.79 Å². The maximum Gasteiger partial charge on any atom is 0.334 e. The minimum Gasteiger partial charge on any atom is -0.478 e. The lowest BCUT2D eigenvalue weighted by Crippen LogP contribution is -2.17. The maximum absolute atomic E-state index is 13.8. The molecule has 1 aromatic heterocycles. The van der Waals surface area contributed by atoms with Crippen LogP contribution in [0.15, 0.2) is 144 Å². The molecule has 0 fully saturated rings. The zero-order valence-electron chi connectivity index (χ0n) is 22.7. The topological polar surface area (TPSA) is 91.6 Å². The standard InChI is InChI=1S/C35H25F2N3O3/c36-26-17-13-23(14-18-26)32(24-15-19-27(37)20-16-24)29(35(42)43)22-39-33(25-8-2-1-3-9-25)28-10-4-5-11-30(28)40-34(41)31-12-6-7-21-38-31/h1-22,32H,(H,40,41)(H,42,43)/b29-22-,39-33?. The lowest BCUT2D eigenvalue weighted by atomic mass is 9.85. The summed E-state index contributed by atoms with van der Waals surface area (Å²) in [5.41, 5.74) is 3.13. The summed E-state index contributed by atoms with van der Waals surface area (Å²) in [4.78, 5) is 34.5. The first-order valence-electron chi connectivity index (χ1n) is 13.3. The number of pyridine rings is 1. The number of para-hydroxylation sites is 1. The SMILES string of the molecule is O=C(O)/C(=C\N=C(c1ccccc1)c1ccccc1NC(=O)c1ccccn1)C(c1ccc(F)cc1)c1ccc(F)cc1. The Labute approximate surface area is 246 Å². The first-order valence-corrected chi connectivity index (χ1v) is 13.3. The van der Waals surface area contributed by atoms with Gasteiger partial charge in [0.2, 0.25) is 0 Å². The zero-order valence-corrected chi connectivity index (χ0v) is 22.7. The van der Waals surface area contributed by atoms with Crippen molar-refractivity contribution in [3.05, 3.63) is 179 Å². The van der Waals surface area contributed by atoms with E-state index in [4.69, 9.17) is 4.99 Å². The minimum absolute atomic E-state index is 0.123. The first kappa shape index (κ1) is 28.8. The highest BCUT2D eigenvalue weighted by molar-refractivity contribution is 6.18. The van der Waals surface area contributed by atoms with Crippen LogP contribution in [0.25, 0.3) is 0 Å². The Morgan fingerprint density at radius 3 is 1.91 bits per heavy atom. The van der Waals surface area contributed by atoms with Crippen LogP contribution in [0.5, 0.6) is 0 Å². The molecule has 4 aromatic carbocycles. The maximum atomic E-state index is 13.8. The van der Waals surface area contributed by atoms with Gasteiger partial charge in [-0.15, -0.1) is 0 Å². The molecule has 0 spiro atoms. The predicted molar refractivity (Wildman–Crippen MR) is 161 cm³/mol. The summed E-state index contributed by atoms with van der Waals surface area (Å²) in [5, 5.41) is 13.3. The Bertz CT molecular complexity index is 1740. The molecule has 0 radical (unpaired) electrons. The quantitative estimate of drug-likeness (QED) is 0.144. The molecule has 5 aromatic rings. The highest BCUT2D eigenvalue weighted by atomic mass is 19.1. The van der Waals surface area contributed by atoms with Crippen LogP contribution in [0.3, 0.4) is 0 Å². The van der Waals surface area contributed by atoms with Crippen molar-refractivity contribution in [3.8, 4) is 0 Å². The van der Waals surface area contributed by atoms with Crippen molar-refractivity contribution in [2.45, 2.75) is 5.92 Å². The van der Waals surface area contributed by atoms with E-state index in [2.05, 4.69) is 10.3 Å². The molecule has 6 nitrogen and oxygen atoms in total. The Morgan fingerprint density at radius 1 is 0.744 bits per heavy atom. The Hall–Kier alpha value is -5.76. The number of rotatable bonds is 9. The molecule has 43 heavy (non-hydrogen) atoms. The first-order chi connectivity index (χ1) is 20.9. The van der Waals surface area contributed by atoms with E-state index in [0.29, 0.717) is 33.7 Å². The molecule has 212 valence electrons. The van der Waals surface area contributed by atoms with Crippen molar-refractivity contribution in [3.63, 3.8) is 0 Å². The summed E-state index contributed by atoms with van der Waals surface area (Å²) in [5.74, 6) is -3.52. The molecule has 8 heteroatoms.